The van der Waals surface area contributed by atoms with E-state index in [1.54, 1.807) is 44.6 Å². The number of thioether (sulfide) groups is 1. The summed E-state index contributed by atoms with van der Waals surface area (Å²) < 4.78 is 10.3. The lowest BCUT2D eigenvalue weighted by Gasteiger charge is -2.09. The van der Waals surface area contributed by atoms with E-state index in [-0.39, 0.29) is 17.6 Å². The zero-order valence-corrected chi connectivity index (χ0v) is 14.8. The van der Waals surface area contributed by atoms with Crippen molar-refractivity contribution in [3.8, 4) is 11.5 Å². The van der Waals surface area contributed by atoms with Crippen molar-refractivity contribution >= 4 is 35.1 Å². The third-order valence-corrected chi connectivity index (χ3v) is 3.85. The van der Waals surface area contributed by atoms with Crippen LogP contribution in [-0.4, -0.2) is 42.0 Å². The van der Waals surface area contributed by atoms with Gasteiger partial charge >= 0.3 is 0 Å². The number of benzene rings is 1. The smallest absolute Gasteiger partial charge is 0.234 e. The number of anilines is 2. The van der Waals surface area contributed by atoms with E-state index in [9.17, 15) is 9.59 Å². The van der Waals surface area contributed by atoms with Crippen molar-refractivity contribution in [2.45, 2.75) is 11.9 Å². The van der Waals surface area contributed by atoms with Crippen molar-refractivity contribution in [3.05, 3.63) is 30.3 Å². The zero-order valence-electron chi connectivity index (χ0n) is 14.0. The van der Waals surface area contributed by atoms with Gasteiger partial charge in [0.25, 0.3) is 0 Å². The molecule has 0 spiro atoms. The molecule has 0 unspecified atom stereocenters. The number of hydrogen-bond donors (Lipinski definition) is 2. The summed E-state index contributed by atoms with van der Waals surface area (Å²) in [7, 11) is 3.08. The largest absolute Gasteiger partial charge is 0.497 e. The molecule has 0 aliphatic rings. The number of nitrogens with zero attached hydrogens (tertiary/aromatic N) is 2. The quantitative estimate of drug-likeness (QED) is 0.728. The molecular formula is C16H18N4O4S. The molecule has 2 aromatic rings. The monoisotopic (exact) mass is 362 g/mol. The number of methoxy groups -OCH3 is 2. The van der Waals surface area contributed by atoms with E-state index in [1.807, 2.05) is 0 Å². The van der Waals surface area contributed by atoms with Gasteiger partial charge in [0.15, 0.2) is 5.82 Å². The van der Waals surface area contributed by atoms with Crippen LogP contribution in [0.2, 0.25) is 0 Å². The van der Waals surface area contributed by atoms with E-state index in [1.165, 1.54) is 18.7 Å². The predicted molar refractivity (Wildman–Crippen MR) is 95.2 cm³/mol. The molecule has 0 saturated heterocycles. The SMILES string of the molecule is COc1cc(NC(=O)CSc2ccc(NC(C)=O)nn2)cc(OC)c1. The number of hydrogen-bond acceptors (Lipinski definition) is 7. The minimum Gasteiger partial charge on any atom is -0.497 e. The fourth-order valence-electron chi connectivity index (χ4n) is 1.86. The molecule has 0 fully saturated rings. The van der Waals surface area contributed by atoms with Crippen molar-refractivity contribution in [1.29, 1.82) is 0 Å². The average Bonchev–Trinajstić information content (AvgIpc) is 2.60. The topological polar surface area (TPSA) is 102 Å². The average molecular weight is 362 g/mol. The summed E-state index contributed by atoms with van der Waals surface area (Å²) in [5, 5.41) is 13.7. The Morgan fingerprint density at radius 3 is 2.24 bits per heavy atom. The van der Waals surface area contributed by atoms with Crippen molar-refractivity contribution in [2.24, 2.45) is 0 Å². The summed E-state index contributed by atoms with van der Waals surface area (Å²) in [5.74, 6) is 1.28. The Balaban J connectivity index is 1.91. The molecule has 9 heteroatoms. The van der Waals surface area contributed by atoms with Crippen LogP contribution in [0.25, 0.3) is 0 Å². The minimum atomic E-state index is -0.220. The van der Waals surface area contributed by atoms with Crippen LogP contribution >= 0.6 is 11.8 Å². The first-order valence-electron chi connectivity index (χ1n) is 7.27. The van der Waals surface area contributed by atoms with Gasteiger partial charge in [-0.3, -0.25) is 9.59 Å². The molecule has 2 amide bonds. The van der Waals surface area contributed by atoms with Crippen LogP contribution in [0.3, 0.4) is 0 Å². The molecule has 0 aliphatic heterocycles. The maximum atomic E-state index is 12.1. The van der Waals surface area contributed by atoms with Crippen molar-refractivity contribution in [2.75, 3.05) is 30.6 Å². The molecule has 0 radical (unpaired) electrons. The number of rotatable bonds is 7. The Kier molecular flexibility index (Phi) is 6.58. The van der Waals surface area contributed by atoms with Crippen LogP contribution in [0, 0.1) is 0 Å². The Morgan fingerprint density at radius 2 is 1.72 bits per heavy atom. The highest BCUT2D eigenvalue weighted by atomic mass is 32.2. The standard InChI is InChI=1S/C16H18N4O4S/c1-10(21)17-14-4-5-16(20-19-14)25-9-15(22)18-11-6-12(23-2)8-13(7-11)24-3/h4-8H,9H2,1-3H3,(H,18,22)(H,17,19,21). The van der Waals surface area contributed by atoms with Gasteiger partial charge in [0.2, 0.25) is 11.8 Å². The van der Waals surface area contributed by atoms with E-state index < -0.39 is 0 Å². The lowest BCUT2D eigenvalue weighted by atomic mass is 10.2. The summed E-state index contributed by atoms with van der Waals surface area (Å²) in [6.07, 6.45) is 0. The first-order chi connectivity index (χ1) is 12.0. The Bertz CT molecular complexity index is 730. The van der Waals surface area contributed by atoms with Gasteiger partial charge in [0, 0.05) is 30.8 Å². The predicted octanol–water partition coefficient (Wildman–Crippen LogP) is 2.18. The van der Waals surface area contributed by atoms with E-state index >= 15 is 0 Å². The van der Waals surface area contributed by atoms with Gasteiger partial charge in [-0.05, 0) is 12.1 Å². The Morgan fingerprint density at radius 1 is 1.04 bits per heavy atom. The zero-order chi connectivity index (χ0) is 18.2. The van der Waals surface area contributed by atoms with E-state index in [4.69, 9.17) is 9.47 Å². The highest BCUT2D eigenvalue weighted by Gasteiger charge is 2.08. The summed E-state index contributed by atoms with van der Waals surface area (Å²) >= 11 is 1.23. The molecule has 0 atom stereocenters. The lowest BCUT2D eigenvalue weighted by Crippen LogP contribution is -2.14. The highest BCUT2D eigenvalue weighted by Crippen LogP contribution is 2.26. The molecule has 0 aliphatic carbocycles. The molecule has 8 nitrogen and oxygen atoms in total. The summed E-state index contributed by atoms with van der Waals surface area (Å²) in [4.78, 5) is 23.0. The molecule has 2 N–H and O–H groups in total. The van der Waals surface area contributed by atoms with Gasteiger partial charge in [-0.15, -0.1) is 10.2 Å². The van der Waals surface area contributed by atoms with Crippen LogP contribution in [0.5, 0.6) is 11.5 Å². The second-order valence-corrected chi connectivity index (χ2v) is 5.87. The van der Waals surface area contributed by atoms with Crippen LogP contribution < -0.4 is 20.1 Å². The maximum Gasteiger partial charge on any atom is 0.234 e. The van der Waals surface area contributed by atoms with Gasteiger partial charge in [-0.1, -0.05) is 11.8 Å². The Labute approximate surface area is 149 Å². The normalized spacial score (nSPS) is 10.0. The van der Waals surface area contributed by atoms with Crippen molar-refractivity contribution in [1.82, 2.24) is 10.2 Å². The van der Waals surface area contributed by atoms with Gasteiger partial charge < -0.3 is 20.1 Å². The second-order valence-electron chi connectivity index (χ2n) is 4.88. The first kappa shape index (κ1) is 18.5. The first-order valence-corrected chi connectivity index (χ1v) is 8.25. The number of nitrogens with one attached hydrogen (secondary N) is 2. The molecule has 1 aromatic carbocycles. The molecule has 132 valence electrons. The summed E-state index contributed by atoms with van der Waals surface area (Å²) in [6, 6.07) is 8.43. The number of amides is 2. The van der Waals surface area contributed by atoms with Gasteiger partial charge in [-0.2, -0.15) is 0 Å². The molecule has 0 bridgehead atoms. The van der Waals surface area contributed by atoms with Crippen molar-refractivity contribution in [3.63, 3.8) is 0 Å². The molecule has 1 heterocycles. The third kappa shape index (κ3) is 5.96. The van der Waals surface area contributed by atoms with E-state index in [2.05, 4.69) is 20.8 Å². The fourth-order valence-corrected chi connectivity index (χ4v) is 2.47. The van der Waals surface area contributed by atoms with Crippen LogP contribution in [0.1, 0.15) is 6.92 Å². The number of ether oxygens (including phenoxy) is 2. The summed E-state index contributed by atoms with van der Waals surface area (Å²) in [6.45, 7) is 1.39. The van der Waals surface area contributed by atoms with Gasteiger partial charge in [0.05, 0.1) is 20.0 Å². The van der Waals surface area contributed by atoms with Crippen LogP contribution in [-0.2, 0) is 9.59 Å². The summed E-state index contributed by atoms with van der Waals surface area (Å²) in [5.41, 5.74) is 0.578. The van der Waals surface area contributed by atoms with Gasteiger partial charge in [-0.25, -0.2) is 0 Å². The van der Waals surface area contributed by atoms with E-state index in [0.29, 0.717) is 28.0 Å². The lowest BCUT2D eigenvalue weighted by molar-refractivity contribution is -0.114. The number of carbonyl (C=O) groups is 2. The molecule has 25 heavy (non-hydrogen) atoms. The Hall–Kier alpha value is -2.81. The van der Waals surface area contributed by atoms with Crippen molar-refractivity contribution < 1.29 is 19.1 Å². The van der Waals surface area contributed by atoms with Crippen LogP contribution in [0.4, 0.5) is 11.5 Å². The van der Waals surface area contributed by atoms with Crippen LogP contribution in [0.15, 0.2) is 35.4 Å². The minimum absolute atomic E-state index is 0.160. The van der Waals surface area contributed by atoms with E-state index in [0.717, 1.165) is 0 Å². The second kappa shape index (κ2) is 8.88. The highest BCUT2D eigenvalue weighted by molar-refractivity contribution is 7.99. The number of aromatic nitrogens is 2. The number of carbonyl (C=O) groups excluding carboxylic acids is 2. The maximum absolute atomic E-state index is 12.1. The van der Waals surface area contributed by atoms with Gasteiger partial charge in [0.1, 0.15) is 16.5 Å². The molecule has 1 aromatic heterocycles. The molecular weight excluding hydrogens is 344 g/mol. The molecule has 0 saturated carbocycles. The molecule has 2 rings (SSSR count). The third-order valence-electron chi connectivity index (χ3n) is 2.93. The fraction of sp³-hybridized carbons (Fsp3) is 0.250.